The molecule has 0 aromatic carbocycles. The summed E-state index contributed by atoms with van der Waals surface area (Å²) in [4.78, 5) is 4.07. The molecule has 0 spiro atoms. The van der Waals surface area contributed by atoms with E-state index in [0.29, 0.717) is 5.92 Å². The summed E-state index contributed by atoms with van der Waals surface area (Å²) in [5.74, 6) is 0.658. The summed E-state index contributed by atoms with van der Waals surface area (Å²) < 4.78 is 1.14. The van der Waals surface area contributed by atoms with E-state index < -0.39 is 0 Å². The molecular formula is C10H13BrN2. The first kappa shape index (κ1) is 9.16. The van der Waals surface area contributed by atoms with Crippen LogP contribution in [0.2, 0.25) is 0 Å². The Labute approximate surface area is 86.9 Å². The first-order valence-corrected chi connectivity index (χ1v) is 5.47. The van der Waals surface area contributed by atoms with Crippen molar-refractivity contribution in [3.63, 3.8) is 0 Å². The number of aromatic nitrogens is 1. The van der Waals surface area contributed by atoms with Gasteiger partial charge in [0.15, 0.2) is 0 Å². The number of nitrogens with one attached hydrogen (secondary N) is 1. The molecule has 1 atom stereocenters. The molecule has 0 unspecified atom stereocenters. The third kappa shape index (κ3) is 2.09. The Bertz CT molecular complexity index is 282. The molecule has 70 valence electrons. The summed E-state index contributed by atoms with van der Waals surface area (Å²) in [5, 5.41) is 3.42. The van der Waals surface area contributed by atoms with E-state index in [-0.39, 0.29) is 0 Å². The topological polar surface area (TPSA) is 24.9 Å². The van der Waals surface area contributed by atoms with Crippen LogP contribution in [0.15, 0.2) is 22.9 Å². The third-order valence-corrected chi connectivity index (χ3v) is 3.20. The number of halogens is 1. The van der Waals surface area contributed by atoms with E-state index in [1.54, 1.807) is 0 Å². The second kappa shape index (κ2) is 4.20. The van der Waals surface area contributed by atoms with Crippen LogP contribution in [0, 0.1) is 0 Å². The van der Waals surface area contributed by atoms with Gasteiger partial charge in [0, 0.05) is 23.4 Å². The highest BCUT2D eigenvalue weighted by atomic mass is 79.9. The Morgan fingerprint density at radius 1 is 1.54 bits per heavy atom. The highest BCUT2D eigenvalue weighted by Crippen LogP contribution is 2.28. The van der Waals surface area contributed by atoms with Crippen molar-refractivity contribution in [2.45, 2.75) is 18.8 Å². The summed E-state index contributed by atoms with van der Waals surface area (Å²) >= 11 is 3.54. The van der Waals surface area contributed by atoms with Crippen molar-refractivity contribution in [1.29, 1.82) is 0 Å². The van der Waals surface area contributed by atoms with Gasteiger partial charge in [-0.2, -0.15) is 0 Å². The maximum atomic E-state index is 4.07. The van der Waals surface area contributed by atoms with E-state index in [1.165, 1.54) is 24.9 Å². The van der Waals surface area contributed by atoms with Crippen molar-refractivity contribution >= 4 is 15.9 Å². The van der Waals surface area contributed by atoms with Crippen LogP contribution >= 0.6 is 15.9 Å². The van der Waals surface area contributed by atoms with Gasteiger partial charge in [-0.25, -0.2) is 0 Å². The molecule has 1 aromatic rings. The lowest BCUT2D eigenvalue weighted by atomic mass is 9.92. The molecule has 0 amide bonds. The fraction of sp³-hybridized carbons (Fsp3) is 0.500. The monoisotopic (exact) mass is 240 g/mol. The SMILES string of the molecule is Brc1cnccc1[C@@H]1CCCNC1. The van der Waals surface area contributed by atoms with Crippen LogP contribution in [0.25, 0.3) is 0 Å². The van der Waals surface area contributed by atoms with E-state index in [9.17, 15) is 0 Å². The number of piperidine rings is 1. The predicted molar refractivity (Wildman–Crippen MR) is 56.8 cm³/mol. The maximum absolute atomic E-state index is 4.07. The number of pyridine rings is 1. The normalized spacial score (nSPS) is 23.0. The second-order valence-corrected chi connectivity index (χ2v) is 4.29. The highest BCUT2D eigenvalue weighted by molar-refractivity contribution is 9.10. The molecule has 0 saturated carbocycles. The number of nitrogens with zero attached hydrogens (tertiary/aromatic N) is 1. The Morgan fingerprint density at radius 3 is 3.15 bits per heavy atom. The summed E-state index contributed by atoms with van der Waals surface area (Å²) in [7, 11) is 0. The van der Waals surface area contributed by atoms with Crippen molar-refractivity contribution in [3.8, 4) is 0 Å². The molecule has 2 rings (SSSR count). The second-order valence-electron chi connectivity index (χ2n) is 3.44. The number of hydrogen-bond donors (Lipinski definition) is 1. The molecule has 1 N–H and O–H groups in total. The lowest BCUT2D eigenvalue weighted by Crippen LogP contribution is -2.28. The fourth-order valence-electron chi connectivity index (χ4n) is 1.83. The summed E-state index contributed by atoms with van der Waals surface area (Å²) in [6.45, 7) is 2.27. The van der Waals surface area contributed by atoms with Gasteiger partial charge in [-0.15, -0.1) is 0 Å². The molecule has 1 aliphatic rings. The van der Waals surface area contributed by atoms with E-state index >= 15 is 0 Å². The smallest absolute Gasteiger partial charge is 0.0413 e. The van der Waals surface area contributed by atoms with Crippen molar-refractivity contribution < 1.29 is 0 Å². The molecule has 3 heteroatoms. The third-order valence-electron chi connectivity index (χ3n) is 2.54. The van der Waals surface area contributed by atoms with Crippen LogP contribution in [-0.2, 0) is 0 Å². The number of rotatable bonds is 1. The van der Waals surface area contributed by atoms with Crippen LogP contribution in [0.5, 0.6) is 0 Å². The van der Waals surface area contributed by atoms with E-state index in [1.807, 2.05) is 12.4 Å². The largest absolute Gasteiger partial charge is 0.316 e. The lowest BCUT2D eigenvalue weighted by molar-refractivity contribution is 0.460. The van der Waals surface area contributed by atoms with Gasteiger partial charge in [-0.1, -0.05) is 0 Å². The molecule has 0 aliphatic carbocycles. The fourth-order valence-corrected chi connectivity index (χ4v) is 2.41. The minimum atomic E-state index is 0.658. The molecule has 0 bridgehead atoms. The Hall–Kier alpha value is -0.410. The molecule has 2 nitrogen and oxygen atoms in total. The van der Waals surface area contributed by atoms with E-state index in [2.05, 4.69) is 32.3 Å². The predicted octanol–water partition coefficient (Wildman–Crippen LogP) is 2.31. The molecule has 2 heterocycles. The van der Waals surface area contributed by atoms with Gasteiger partial charge >= 0.3 is 0 Å². The molecule has 0 radical (unpaired) electrons. The van der Waals surface area contributed by atoms with Crippen molar-refractivity contribution in [2.24, 2.45) is 0 Å². The zero-order valence-corrected chi connectivity index (χ0v) is 9.05. The average Bonchev–Trinajstić information content (AvgIpc) is 2.20. The lowest BCUT2D eigenvalue weighted by Gasteiger charge is -2.23. The minimum Gasteiger partial charge on any atom is -0.316 e. The zero-order chi connectivity index (χ0) is 9.10. The zero-order valence-electron chi connectivity index (χ0n) is 7.46. The van der Waals surface area contributed by atoms with Crippen LogP contribution in [0.4, 0.5) is 0 Å². The van der Waals surface area contributed by atoms with Crippen molar-refractivity contribution in [2.75, 3.05) is 13.1 Å². The molecule has 13 heavy (non-hydrogen) atoms. The standard InChI is InChI=1S/C10H13BrN2/c11-10-7-13-5-3-9(10)8-2-1-4-12-6-8/h3,5,7-8,12H,1-2,4,6H2/t8-/m1/s1. The van der Waals surface area contributed by atoms with Gasteiger partial charge in [0.2, 0.25) is 0 Å². The van der Waals surface area contributed by atoms with Gasteiger partial charge in [-0.3, -0.25) is 4.98 Å². The first-order chi connectivity index (χ1) is 6.38. The van der Waals surface area contributed by atoms with Gasteiger partial charge in [-0.05, 0) is 52.9 Å². The quantitative estimate of drug-likeness (QED) is 0.816. The summed E-state index contributed by atoms with van der Waals surface area (Å²) in [6.07, 6.45) is 6.31. The van der Waals surface area contributed by atoms with Crippen LogP contribution < -0.4 is 5.32 Å². The van der Waals surface area contributed by atoms with Crippen molar-refractivity contribution in [1.82, 2.24) is 10.3 Å². The molecule has 1 saturated heterocycles. The summed E-state index contributed by atoms with van der Waals surface area (Å²) in [5.41, 5.74) is 1.39. The summed E-state index contributed by atoms with van der Waals surface area (Å²) in [6, 6.07) is 2.11. The Morgan fingerprint density at radius 2 is 2.46 bits per heavy atom. The van der Waals surface area contributed by atoms with Crippen LogP contribution in [0.3, 0.4) is 0 Å². The van der Waals surface area contributed by atoms with Gasteiger partial charge in [0.05, 0.1) is 0 Å². The maximum Gasteiger partial charge on any atom is 0.0413 e. The molecule has 1 fully saturated rings. The van der Waals surface area contributed by atoms with Gasteiger partial charge in [0.25, 0.3) is 0 Å². The van der Waals surface area contributed by atoms with Crippen molar-refractivity contribution in [3.05, 3.63) is 28.5 Å². The first-order valence-electron chi connectivity index (χ1n) is 4.68. The van der Waals surface area contributed by atoms with Crippen LogP contribution in [-0.4, -0.2) is 18.1 Å². The van der Waals surface area contributed by atoms with E-state index in [4.69, 9.17) is 0 Å². The highest BCUT2D eigenvalue weighted by Gasteiger charge is 2.16. The average molecular weight is 241 g/mol. The Balaban J connectivity index is 2.18. The number of hydrogen-bond acceptors (Lipinski definition) is 2. The van der Waals surface area contributed by atoms with E-state index in [0.717, 1.165) is 11.0 Å². The minimum absolute atomic E-state index is 0.658. The van der Waals surface area contributed by atoms with Crippen LogP contribution in [0.1, 0.15) is 24.3 Å². The van der Waals surface area contributed by atoms with Gasteiger partial charge < -0.3 is 5.32 Å². The molecule has 1 aliphatic heterocycles. The Kier molecular flexibility index (Phi) is 2.96. The molecule has 1 aromatic heterocycles. The van der Waals surface area contributed by atoms with Gasteiger partial charge in [0.1, 0.15) is 0 Å². The molecular weight excluding hydrogens is 228 g/mol.